The van der Waals surface area contributed by atoms with Gasteiger partial charge in [-0.25, -0.2) is 0 Å². The molecule has 96 valence electrons. The van der Waals surface area contributed by atoms with Crippen LogP contribution >= 0.6 is 8.04 Å². The van der Waals surface area contributed by atoms with Crippen molar-refractivity contribution in [1.29, 1.82) is 0 Å². The summed E-state index contributed by atoms with van der Waals surface area (Å²) in [5, 5.41) is 0. The average molecular weight is 273 g/mol. The molecule has 0 amide bonds. The summed E-state index contributed by atoms with van der Waals surface area (Å²) >= 11 is -1.20. The molecule has 3 nitrogen and oxygen atoms in total. The molecule has 0 bridgehead atoms. The number of nitrogens with zero attached hydrogens (tertiary/aromatic N) is 1. The second kappa shape index (κ2) is 6.51. The normalized spacial score (nSPS) is 23.1. The SMILES string of the molecule is CC#[PH]C1=CCC[C@@H](/C=N/[S@+]([O-])C(C)(C)C)O1. The van der Waals surface area contributed by atoms with E-state index >= 15 is 0 Å². The Morgan fingerprint density at radius 1 is 1.65 bits per heavy atom. The van der Waals surface area contributed by atoms with E-state index in [9.17, 15) is 4.55 Å². The molecule has 5 heteroatoms. The summed E-state index contributed by atoms with van der Waals surface area (Å²) in [5.41, 5.74) is 4.05. The Bertz CT molecular complexity index is 376. The Morgan fingerprint density at radius 3 is 2.94 bits per heavy atom. The first kappa shape index (κ1) is 14.7. The van der Waals surface area contributed by atoms with Gasteiger partial charge in [-0.3, -0.25) is 0 Å². The molecular weight excluding hydrogens is 253 g/mol. The smallest absolute Gasteiger partial charge is 0.144 e. The van der Waals surface area contributed by atoms with Crippen LogP contribution < -0.4 is 0 Å². The van der Waals surface area contributed by atoms with Crippen molar-refractivity contribution in [2.24, 2.45) is 4.40 Å². The zero-order chi connectivity index (χ0) is 12.9. The largest absolute Gasteiger partial charge is 0.591 e. The Balaban J connectivity index is 2.56. The summed E-state index contributed by atoms with van der Waals surface area (Å²) in [4.78, 5) is 0. The predicted octanol–water partition coefficient (Wildman–Crippen LogP) is 3.20. The molecule has 1 rings (SSSR count). The lowest BCUT2D eigenvalue weighted by Gasteiger charge is -2.21. The van der Waals surface area contributed by atoms with Gasteiger partial charge in [0, 0.05) is 0 Å². The Hall–Kier alpha value is -0.400. The summed E-state index contributed by atoms with van der Waals surface area (Å²) in [5.74, 6) is 0. The lowest BCUT2D eigenvalue weighted by molar-refractivity contribution is 0.175. The van der Waals surface area contributed by atoms with Crippen molar-refractivity contribution in [3.8, 4) is 5.63 Å². The molecule has 0 saturated heterocycles. The Labute approximate surface area is 108 Å². The van der Waals surface area contributed by atoms with Crippen molar-refractivity contribution >= 4 is 25.6 Å². The van der Waals surface area contributed by atoms with Crippen molar-refractivity contribution in [2.75, 3.05) is 0 Å². The van der Waals surface area contributed by atoms with Crippen LogP contribution in [0.4, 0.5) is 0 Å². The molecule has 3 atom stereocenters. The minimum absolute atomic E-state index is 0.0397. The van der Waals surface area contributed by atoms with E-state index in [-0.39, 0.29) is 10.9 Å². The van der Waals surface area contributed by atoms with Crippen LogP contribution in [-0.4, -0.2) is 21.6 Å². The molecule has 0 aromatic carbocycles. The molecule has 0 spiro atoms. The minimum Gasteiger partial charge on any atom is -0.591 e. The topological polar surface area (TPSA) is 44.7 Å². The van der Waals surface area contributed by atoms with Crippen LogP contribution in [-0.2, 0) is 16.1 Å². The molecule has 0 saturated carbocycles. The van der Waals surface area contributed by atoms with Crippen LogP contribution in [0.15, 0.2) is 16.0 Å². The van der Waals surface area contributed by atoms with Crippen molar-refractivity contribution in [3.63, 3.8) is 0 Å². The maximum atomic E-state index is 11.7. The van der Waals surface area contributed by atoms with Gasteiger partial charge in [-0.2, -0.15) is 0 Å². The third-order valence-electron chi connectivity index (χ3n) is 2.15. The van der Waals surface area contributed by atoms with Gasteiger partial charge in [0.1, 0.15) is 27.7 Å². The maximum absolute atomic E-state index is 11.7. The lowest BCUT2D eigenvalue weighted by atomic mass is 10.2. The predicted molar refractivity (Wildman–Crippen MR) is 76.5 cm³/mol. The van der Waals surface area contributed by atoms with Gasteiger partial charge in [0.25, 0.3) is 0 Å². The molecule has 0 N–H and O–H groups in total. The van der Waals surface area contributed by atoms with Crippen LogP contribution in [0.1, 0.15) is 40.5 Å². The highest BCUT2D eigenvalue weighted by Gasteiger charge is 2.26. The van der Waals surface area contributed by atoms with Gasteiger partial charge in [-0.1, -0.05) is 12.4 Å². The van der Waals surface area contributed by atoms with E-state index in [0.717, 1.165) is 18.3 Å². The van der Waals surface area contributed by atoms with Gasteiger partial charge in [0.2, 0.25) is 0 Å². The van der Waals surface area contributed by atoms with Crippen molar-refractivity contribution < 1.29 is 9.29 Å². The van der Waals surface area contributed by atoms with E-state index in [2.05, 4.69) is 16.1 Å². The van der Waals surface area contributed by atoms with Crippen LogP contribution in [0.5, 0.6) is 0 Å². The average Bonchev–Trinajstić information content (AvgIpc) is 2.25. The summed E-state index contributed by atoms with van der Waals surface area (Å²) in [6.07, 6.45) is 5.64. The number of allylic oxidation sites excluding steroid dienone is 1. The van der Waals surface area contributed by atoms with Crippen molar-refractivity contribution in [2.45, 2.75) is 51.4 Å². The van der Waals surface area contributed by atoms with Gasteiger partial charge in [-0.15, -0.1) is 5.63 Å². The number of hydrogen-bond acceptors (Lipinski definition) is 3. The highest BCUT2D eigenvalue weighted by atomic mass is 32.2. The zero-order valence-corrected chi connectivity index (χ0v) is 12.6. The number of ether oxygens (including phenoxy) is 1. The van der Waals surface area contributed by atoms with Gasteiger partial charge in [-0.05, 0) is 46.6 Å². The standard InChI is InChI=1S/C12H20NO2PS/c1-5-16-11-8-6-7-10(15-11)9-13-17(14)12(2,3)4/h8-10,16H,6-7H2,1-4H3/b13-9+/t10-,17+/m0/s1. The molecule has 17 heavy (non-hydrogen) atoms. The third kappa shape index (κ3) is 5.18. The van der Waals surface area contributed by atoms with Crippen LogP contribution in [0.25, 0.3) is 0 Å². The van der Waals surface area contributed by atoms with Crippen molar-refractivity contribution in [1.82, 2.24) is 0 Å². The quantitative estimate of drug-likeness (QED) is 0.440. The van der Waals surface area contributed by atoms with Crippen LogP contribution in [0, 0.1) is 5.63 Å². The second-order valence-electron chi connectivity index (χ2n) is 4.79. The summed E-state index contributed by atoms with van der Waals surface area (Å²) in [6.45, 7) is 7.64. The van der Waals surface area contributed by atoms with E-state index in [0.29, 0.717) is 8.04 Å². The zero-order valence-electron chi connectivity index (χ0n) is 10.8. The van der Waals surface area contributed by atoms with E-state index in [4.69, 9.17) is 4.74 Å². The van der Waals surface area contributed by atoms with Gasteiger partial charge >= 0.3 is 0 Å². The third-order valence-corrected chi connectivity index (χ3v) is 4.33. The molecule has 0 fully saturated rings. The first-order valence-electron chi connectivity index (χ1n) is 5.69. The van der Waals surface area contributed by atoms with E-state index < -0.39 is 11.4 Å². The van der Waals surface area contributed by atoms with Crippen molar-refractivity contribution in [3.05, 3.63) is 11.6 Å². The maximum Gasteiger partial charge on any atom is 0.144 e. The molecular formula is C12H20NO2PS. The minimum atomic E-state index is -1.20. The molecule has 0 aromatic heterocycles. The fraction of sp³-hybridized carbons (Fsp3) is 0.667. The van der Waals surface area contributed by atoms with Crippen LogP contribution in [0.3, 0.4) is 0 Å². The molecule has 0 aromatic rings. The summed E-state index contributed by atoms with van der Waals surface area (Å²) in [7, 11) is 0.489. The molecule has 1 aliphatic rings. The summed E-state index contributed by atoms with van der Waals surface area (Å²) < 4.78 is 21.2. The van der Waals surface area contributed by atoms with Gasteiger partial charge in [0.15, 0.2) is 0 Å². The molecule has 1 unspecified atom stereocenters. The van der Waals surface area contributed by atoms with E-state index in [1.807, 2.05) is 27.7 Å². The first-order valence-corrected chi connectivity index (χ1v) is 7.80. The molecule has 1 heterocycles. The van der Waals surface area contributed by atoms with E-state index in [1.54, 1.807) is 6.21 Å². The highest BCUT2D eigenvalue weighted by Crippen LogP contribution is 2.24. The fourth-order valence-electron chi connectivity index (χ4n) is 1.24. The van der Waals surface area contributed by atoms with E-state index in [1.165, 1.54) is 0 Å². The monoisotopic (exact) mass is 273 g/mol. The molecule has 0 aliphatic carbocycles. The number of hydrogen-bond donors (Lipinski definition) is 0. The fourth-order valence-corrected chi connectivity index (χ4v) is 2.50. The molecule has 0 radical (unpaired) electrons. The van der Waals surface area contributed by atoms with Crippen LogP contribution in [0.2, 0.25) is 0 Å². The number of rotatable bonds is 2. The summed E-state index contributed by atoms with van der Waals surface area (Å²) in [6, 6.07) is 0. The molecule has 1 aliphatic heterocycles. The lowest BCUT2D eigenvalue weighted by Crippen LogP contribution is -2.27. The highest BCUT2D eigenvalue weighted by molar-refractivity contribution is 7.91. The Kier molecular flexibility index (Phi) is 5.61. The van der Waals surface area contributed by atoms with Gasteiger partial charge in [0.05, 0.1) is 6.21 Å². The second-order valence-corrected chi connectivity index (χ2v) is 7.97. The Morgan fingerprint density at radius 2 is 2.35 bits per heavy atom. The van der Waals surface area contributed by atoms with Gasteiger partial charge < -0.3 is 9.29 Å². The first-order chi connectivity index (χ1) is 7.93.